The Morgan fingerprint density at radius 2 is 1.61 bits per heavy atom. The second-order valence-corrected chi connectivity index (χ2v) is 6.89. The smallest absolute Gasteiger partial charge is 0.475 e. The van der Waals surface area contributed by atoms with E-state index >= 15 is 0 Å². The molecule has 0 atom stereocenters. The number of hydrogen-bond acceptors (Lipinski definition) is 3. The van der Waals surface area contributed by atoms with Gasteiger partial charge in [0.25, 0.3) is 0 Å². The monoisotopic (exact) mass is 453 g/mol. The molecule has 1 heterocycles. The molecule has 0 saturated carbocycles. The van der Waals surface area contributed by atoms with Gasteiger partial charge in [0.15, 0.2) is 0 Å². The number of carboxylic acids is 1. The number of imidazole rings is 1. The molecule has 0 aliphatic carbocycles. The summed E-state index contributed by atoms with van der Waals surface area (Å²) in [5, 5.41) is 10.7. The average Bonchev–Trinajstić information content (AvgIpc) is 3.09. The van der Waals surface area contributed by atoms with Crippen molar-refractivity contribution in [3.05, 3.63) is 82.9 Å². The van der Waals surface area contributed by atoms with E-state index in [4.69, 9.17) is 21.5 Å². The first kappa shape index (κ1) is 23.9. The molecule has 3 rings (SSSR count). The molecule has 0 bridgehead atoms. The number of nitrogens with one attached hydrogen (secondary N) is 1. The van der Waals surface area contributed by atoms with E-state index in [1.165, 1.54) is 0 Å². The van der Waals surface area contributed by atoms with Gasteiger partial charge in [-0.25, -0.2) is 9.78 Å². The normalized spacial score (nSPS) is 10.7. The van der Waals surface area contributed by atoms with Crippen molar-refractivity contribution in [1.29, 1.82) is 0 Å². The van der Waals surface area contributed by atoms with Crippen LogP contribution in [0.25, 0.3) is 0 Å². The van der Waals surface area contributed by atoms with Crippen molar-refractivity contribution in [2.75, 3.05) is 5.32 Å². The Kier molecular flexibility index (Phi) is 8.21. The van der Waals surface area contributed by atoms with Crippen LogP contribution in [0.2, 0.25) is 5.02 Å². The van der Waals surface area contributed by atoms with Gasteiger partial charge < -0.3 is 15.0 Å². The van der Waals surface area contributed by atoms with Crippen molar-refractivity contribution < 1.29 is 27.9 Å². The predicted octanol–water partition coefficient (Wildman–Crippen LogP) is 4.71. The Morgan fingerprint density at radius 1 is 1.06 bits per heavy atom. The van der Waals surface area contributed by atoms with E-state index in [9.17, 15) is 18.0 Å². The molecule has 0 unspecified atom stereocenters. The molecule has 0 aliphatic heterocycles. The van der Waals surface area contributed by atoms with Crippen molar-refractivity contribution in [2.24, 2.45) is 0 Å². The Bertz CT molecular complexity index is 1020. The minimum absolute atomic E-state index is 0.0458. The zero-order valence-corrected chi connectivity index (χ0v) is 17.1. The Morgan fingerprint density at radius 3 is 2.10 bits per heavy atom. The second-order valence-electron chi connectivity index (χ2n) is 6.45. The summed E-state index contributed by atoms with van der Waals surface area (Å²) in [6, 6.07) is 15.2. The Balaban J connectivity index is 0.000000423. The summed E-state index contributed by atoms with van der Waals surface area (Å²) in [5.74, 6) is -1.82. The van der Waals surface area contributed by atoms with E-state index in [1.54, 1.807) is 18.3 Å². The number of carboxylic acid groups (broad SMARTS) is 1. The predicted molar refractivity (Wildman–Crippen MR) is 110 cm³/mol. The number of carbonyl (C=O) groups excluding carboxylic acids is 1. The minimum Gasteiger partial charge on any atom is -0.475 e. The van der Waals surface area contributed by atoms with Gasteiger partial charge in [0.1, 0.15) is 5.82 Å². The molecular formula is C21H19ClF3N3O3. The highest BCUT2D eigenvalue weighted by Gasteiger charge is 2.38. The van der Waals surface area contributed by atoms with Crippen LogP contribution in [0.4, 0.5) is 18.9 Å². The Labute approximate surface area is 181 Å². The molecular weight excluding hydrogens is 435 g/mol. The number of rotatable bonds is 5. The van der Waals surface area contributed by atoms with E-state index in [0.29, 0.717) is 11.4 Å². The van der Waals surface area contributed by atoms with Crippen molar-refractivity contribution in [2.45, 2.75) is 26.1 Å². The van der Waals surface area contributed by atoms with E-state index in [2.05, 4.69) is 14.9 Å². The summed E-state index contributed by atoms with van der Waals surface area (Å²) in [6.07, 6.45) is -1.01. The van der Waals surface area contributed by atoms with Gasteiger partial charge in [-0.15, -0.1) is 0 Å². The highest BCUT2D eigenvalue weighted by atomic mass is 35.5. The first-order chi connectivity index (χ1) is 14.5. The molecule has 6 nitrogen and oxygen atoms in total. The third kappa shape index (κ3) is 8.13. The van der Waals surface area contributed by atoms with E-state index in [-0.39, 0.29) is 5.91 Å². The van der Waals surface area contributed by atoms with Gasteiger partial charge in [0.05, 0.1) is 6.42 Å². The molecule has 0 radical (unpaired) electrons. The summed E-state index contributed by atoms with van der Waals surface area (Å²) in [4.78, 5) is 25.2. The number of alkyl halides is 3. The number of amides is 1. The number of aliphatic carboxylic acids is 1. The van der Waals surface area contributed by atoms with Crippen LogP contribution in [0.1, 0.15) is 17.0 Å². The number of aromatic nitrogens is 2. The van der Waals surface area contributed by atoms with E-state index in [1.807, 2.05) is 49.5 Å². The van der Waals surface area contributed by atoms with E-state index in [0.717, 1.165) is 29.2 Å². The van der Waals surface area contributed by atoms with Crippen LogP contribution >= 0.6 is 11.6 Å². The molecule has 3 aromatic rings. The lowest BCUT2D eigenvalue weighted by Crippen LogP contribution is -2.21. The van der Waals surface area contributed by atoms with Crippen molar-refractivity contribution in [1.82, 2.24) is 9.55 Å². The molecule has 0 saturated heterocycles. The highest BCUT2D eigenvalue weighted by molar-refractivity contribution is 6.30. The van der Waals surface area contributed by atoms with Crippen LogP contribution in [0, 0.1) is 6.92 Å². The summed E-state index contributed by atoms with van der Waals surface area (Å²) >= 11 is 5.85. The average molecular weight is 454 g/mol. The maximum atomic E-state index is 12.1. The lowest BCUT2D eigenvalue weighted by molar-refractivity contribution is -0.192. The fourth-order valence-corrected chi connectivity index (χ4v) is 2.58. The quantitative estimate of drug-likeness (QED) is 0.586. The minimum atomic E-state index is -5.08. The molecule has 0 fully saturated rings. The van der Waals surface area contributed by atoms with Crippen LogP contribution in [0.5, 0.6) is 0 Å². The first-order valence-corrected chi connectivity index (χ1v) is 9.33. The van der Waals surface area contributed by atoms with Crippen LogP contribution in [0.15, 0.2) is 60.9 Å². The highest BCUT2D eigenvalue weighted by Crippen LogP contribution is 2.14. The third-order valence-electron chi connectivity index (χ3n) is 4.03. The van der Waals surface area contributed by atoms with Gasteiger partial charge in [-0.3, -0.25) is 4.79 Å². The molecule has 164 valence electrons. The number of aryl methyl sites for hydroxylation is 1. The van der Waals surface area contributed by atoms with Crippen molar-refractivity contribution in [3.63, 3.8) is 0 Å². The van der Waals surface area contributed by atoms with E-state index < -0.39 is 12.1 Å². The number of anilines is 1. The van der Waals surface area contributed by atoms with Gasteiger partial charge in [-0.05, 0) is 42.3 Å². The summed E-state index contributed by atoms with van der Waals surface area (Å²) in [6.45, 7) is 2.75. The van der Waals surface area contributed by atoms with Crippen molar-refractivity contribution >= 4 is 29.2 Å². The van der Waals surface area contributed by atoms with Crippen LogP contribution < -0.4 is 5.32 Å². The fourth-order valence-electron chi connectivity index (χ4n) is 2.45. The van der Waals surface area contributed by atoms with Gasteiger partial charge in [0, 0.05) is 29.6 Å². The van der Waals surface area contributed by atoms with Crippen molar-refractivity contribution in [3.8, 4) is 0 Å². The molecule has 2 N–H and O–H groups in total. The van der Waals surface area contributed by atoms with Gasteiger partial charge >= 0.3 is 12.1 Å². The summed E-state index contributed by atoms with van der Waals surface area (Å²) < 4.78 is 33.8. The fraction of sp³-hybridized carbons (Fsp3) is 0.190. The lowest BCUT2D eigenvalue weighted by atomic mass is 10.1. The summed E-state index contributed by atoms with van der Waals surface area (Å²) in [5.41, 5.74) is 2.89. The largest absolute Gasteiger partial charge is 0.490 e. The number of carbonyl (C=O) groups is 2. The molecule has 31 heavy (non-hydrogen) atoms. The van der Waals surface area contributed by atoms with Crippen LogP contribution in [-0.4, -0.2) is 32.7 Å². The van der Waals surface area contributed by atoms with Crippen LogP contribution in [-0.2, 0) is 22.6 Å². The Hall–Kier alpha value is -3.33. The van der Waals surface area contributed by atoms with Crippen LogP contribution in [0.3, 0.4) is 0 Å². The lowest BCUT2D eigenvalue weighted by Gasteiger charge is -2.08. The second kappa shape index (κ2) is 10.6. The first-order valence-electron chi connectivity index (χ1n) is 8.95. The van der Waals surface area contributed by atoms with Gasteiger partial charge in [-0.2, -0.15) is 13.2 Å². The molecule has 10 heteroatoms. The topological polar surface area (TPSA) is 84.2 Å². The SMILES string of the molecule is Cc1nccn1Cc1ccc(NC(=O)Cc2ccc(Cl)cc2)cc1.O=C(O)C(F)(F)F. The standard InChI is InChI=1S/C19H18ClN3O.C2HF3O2/c1-14-21-10-11-23(14)13-16-4-8-18(9-5-16)22-19(24)12-15-2-6-17(20)7-3-15;3-2(4,5)1(6)7/h2-11H,12-13H2,1H3,(H,22,24);(H,6,7). The summed E-state index contributed by atoms with van der Waals surface area (Å²) in [7, 11) is 0. The maximum absolute atomic E-state index is 12.1. The molecule has 0 spiro atoms. The molecule has 0 aliphatic rings. The molecule has 2 aromatic carbocycles. The third-order valence-corrected chi connectivity index (χ3v) is 4.29. The number of hydrogen-bond donors (Lipinski definition) is 2. The number of halogens is 4. The van der Waals surface area contributed by atoms with Gasteiger partial charge in [0.2, 0.25) is 5.91 Å². The molecule has 1 amide bonds. The zero-order chi connectivity index (χ0) is 23.0. The number of nitrogens with zero attached hydrogens (tertiary/aromatic N) is 2. The van der Waals surface area contributed by atoms with Gasteiger partial charge in [-0.1, -0.05) is 35.9 Å². The number of benzene rings is 2. The molecule has 1 aromatic heterocycles. The maximum Gasteiger partial charge on any atom is 0.490 e. The zero-order valence-electron chi connectivity index (χ0n) is 16.4.